The molecular weight excluding hydrogens is 294 g/mol. The molecule has 1 unspecified atom stereocenters. The van der Waals surface area contributed by atoms with Crippen LogP contribution in [-0.2, 0) is 10.2 Å². The number of hydrogen-bond donors (Lipinski definition) is 3. The summed E-state index contributed by atoms with van der Waals surface area (Å²) in [6, 6.07) is 3.97. The lowest BCUT2D eigenvalue weighted by molar-refractivity contribution is 0.0698. The van der Waals surface area contributed by atoms with Crippen molar-refractivity contribution in [2.75, 3.05) is 17.0 Å². The number of carbonyl (C=O) groups is 1. The van der Waals surface area contributed by atoms with Gasteiger partial charge in [0.2, 0.25) is 0 Å². The van der Waals surface area contributed by atoms with E-state index in [-0.39, 0.29) is 23.0 Å². The zero-order valence-corrected chi connectivity index (χ0v) is 12.6. The predicted molar refractivity (Wildman–Crippen MR) is 80.4 cm³/mol. The van der Waals surface area contributed by atoms with E-state index in [0.29, 0.717) is 6.54 Å². The Morgan fingerprint density at radius 3 is 2.76 bits per heavy atom. The number of carboxylic acid groups (broad SMARTS) is 1. The number of rotatable bonds is 4. The lowest BCUT2D eigenvalue weighted by Gasteiger charge is -2.32. The third-order valence-electron chi connectivity index (χ3n) is 3.56. The molecule has 21 heavy (non-hydrogen) atoms. The Morgan fingerprint density at radius 2 is 2.14 bits per heavy atom. The minimum atomic E-state index is -3.78. The first-order valence-electron chi connectivity index (χ1n) is 6.73. The Hall–Kier alpha value is -1.80. The number of hydrogen-bond acceptors (Lipinski definition) is 4. The van der Waals surface area contributed by atoms with Crippen LogP contribution in [0.25, 0.3) is 0 Å². The highest BCUT2D eigenvalue weighted by molar-refractivity contribution is 7.90. The smallest absolute Gasteiger partial charge is 0.337 e. The summed E-state index contributed by atoms with van der Waals surface area (Å²) in [7, 11) is -3.78. The number of carboxylic acids is 1. The van der Waals surface area contributed by atoms with Gasteiger partial charge in [0, 0.05) is 18.3 Å². The molecule has 1 saturated heterocycles. The Morgan fingerprint density at radius 1 is 1.43 bits per heavy atom. The van der Waals surface area contributed by atoms with Crippen LogP contribution in [-0.4, -0.2) is 36.4 Å². The first kappa shape index (κ1) is 15.6. The highest BCUT2D eigenvalue weighted by Crippen LogP contribution is 2.24. The number of aromatic carboxylic acids is 1. The second kappa shape index (κ2) is 5.90. The number of piperidine rings is 1. The molecule has 0 amide bonds. The molecule has 1 heterocycles. The molecule has 0 spiro atoms. The molecule has 0 aromatic heterocycles. The van der Waals surface area contributed by atoms with Crippen LogP contribution in [0.1, 0.15) is 36.5 Å². The van der Waals surface area contributed by atoms with Crippen molar-refractivity contribution in [3.63, 3.8) is 0 Å². The van der Waals surface area contributed by atoms with E-state index in [1.54, 1.807) is 0 Å². The van der Waals surface area contributed by atoms with Crippen molar-refractivity contribution in [2.45, 2.75) is 32.2 Å². The first-order valence-corrected chi connectivity index (χ1v) is 8.17. The van der Waals surface area contributed by atoms with Gasteiger partial charge in [0.05, 0.1) is 11.3 Å². The number of anilines is 2. The topological polar surface area (TPSA) is 113 Å². The third-order valence-corrected chi connectivity index (χ3v) is 5.20. The molecule has 2 rings (SSSR count). The summed E-state index contributed by atoms with van der Waals surface area (Å²) in [6.07, 6.45) is 2.60. The molecule has 1 aliphatic heterocycles. The third kappa shape index (κ3) is 3.45. The molecule has 1 fully saturated rings. The fourth-order valence-electron chi connectivity index (χ4n) is 2.45. The van der Waals surface area contributed by atoms with Gasteiger partial charge in [-0.1, -0.05) is 6.42 Å². The van der Waals surface area contributed by atoms with Crippen molar-refractivity contribution < 1.29 is 18.3 Å². The first-order chi connectivity index (χ1) is 9.81. The lowest BCUT2D eigenvalue weighted by atomic mass is 10.1. The average Bonchev–Trinajstić information content (AvgIpc) is 2.40. The van der Waals surface area contributed by atoms with E-state index < -0.39 is 16.2 Å². The van der Waals surface area contributed by atoms with Gasteiger partial charge >= 0.3 is 16.2 Å². The Kier molecular flexibility index (Phi) is 4.38. The van der Waals surface area contributed by atoms with Crippen LogP contribution < -0.4 is 10.5 Å². The zero-order chi connectivity index (χ0) is 15.6. The van der Waals surface area contributed by atoms with Gasteiger partial charge in [-0.3, -0.25) is 4.72 Å². The van der Waals surface area contributed by atoms with E-state index in [0.717, 1.165) is 19.3 Å². The van der Waals surface area contributed by atoms with Crippen LogP contribution in [0.3, 0.4) is 0 Å². The second-order valence-corrected chi connectivity index (χ2v) is 6.80. The quantitative estimate of drug-likeness (QED) is 0.729. The van der Waals surface area contributed by atoms with Gasteiger partial charge in [-0.25, -0.2) is 4.79 Å². The van der Waals surface area contributed by atoms with Crippen molar-refractivity contribution in [3.05, 3.63) is 23.8 Å². The minimum absolute atomic E-state index is 0.0227. The standard InChI is InChI=1S/C13H19N3O4S/c1-9-4-2-3-7-16(9)21(19,20)15-12-6-5-10(14)8-11(12)13(17)18/h5-6,8-9,15H,2-4,7,14H2,1H3,(H,17,18). The summed E-state index contributed by atoms with van der Waals surface area (Å²) in [6.45, 7) is 2.29. The Labute approximate surface area is 123 Å². The van der Waals surface area contributed by atoms with E-state index in [9.17, 15) is 13.2 Å². The molecule has 7 nitrogen and oxygen atoms in total. The molecule has 0 aliphatic carbocycles. The van der Waals surface area contributed by atoms with Gasteiger partial charge in [0.15, 0.2) is 0 Å². The molecule has 4 N–H and O–H groups in total. The van der Waals surface area contributed by atoms with Crippen LogP contribution in [0.2, 0.25) is 0 Å². The van der Waals surface area contributed by atoms with Crippen LogP contribution in [0.15, 0.2) is 18.2 Å². The summed E-state index contributed by atoms with van der Waals surface area (Å²) >= 11 is 0. The fraction of sp³-hybridized carbons (Fsp3) is 0.462. The Balaban J connectivity index is 2.30. The average molecular weight is 313 g/mol. The van der Waals surface area contributed by atoms with Gasteiger partial charge in [0.25, 0.3) is 0 Å². The summed E-state index contributed by atoms with van der Waals surface area (Å²) in [5, 5.41) is 9.15. The predicted octanol–water partition coefficient (Wildman–Crippen LogP) is 1.50. The van der Waals surface area contributed by atoms with Crippen LogP contribution in [0, 0.1) is 0 Å². The van der Waals surface area contributed by atoms with Crippen molar-refractivity contribution in [1.82, 2.24) is 4.31 Å². The highest BCUT2D eigenvalue weighted by Gasteiger charge is 2.30. The van der Waals surface area contributed by atoms with Gasteiger partial charge in [0.1, 0.15) is 0 Å². The Bertz CT molecular complexity index is 645. The molecule has 0 bridgehead atoms. The fourth-order valence-corrected chi connectivity index (χ4v) is 3.98. The van der Waals surface area contributed by atoms with Gasteiger partial charge in [-0.2, -0.15) is 12.7 Å². The maximum absolute atomic E-state index is 12.4. The largest absolute Gasteiger partial charge is 0.478 e. The van der Waals surface area contributed by atoms with Crippen molar-refractivity contribution in [2.24, 2.45) is 0 Å². The van der Waals surface area contributed by atoms with Crippen molar-refractivity contribution in [1.29, 1.82) is 0 Å². The SMILES string of the molecule is CC1CCCCN1S(=O)(=O)Nc1ccc(N)cc1C(=O)O. The van der Waals surface area contributed by atoms with Crippen molar-refractivity contribution >= 4 is 27.6 Å². The van der Waals surface area contributed by atoms with Crippen LogP contribution in [0.4, 0.5) is 11.4 Å². The second-order valence-electron chi connectivity index (χ2n) is 5.17. The highest BCUT2D eigenvalue weighted by atomic mass is 32.2. The molecule has 1 aromatic carbocycles. The monoisotopic (exact) mass is 313 g/mol. The molecule has 1 atom stereocenters. The molecule has 1 aromatic rings. The van der Waals surface area contributed by atoms with Crippen LogP contribution >= 0.6 is 0 Å². The normalized spacial score (nSPS) is 20.1. The maximum atomic E-state index is 12.4. The molecule has 116 valence electrons. The minimum Gasteiger partial charge on any atom is -0.478 e. The molecule has 1 aliphatic rings. The molecule has 0 radical (unpaired) electrons. The van der Waals surface area contributed by atoms with Crippen molar-refractivity contribution in [3.8, 4) is 0 Å². The lowest BCUT2D eigenvalue weighted by Crippen LogP contribution is -2.45. The van der Waals surface area contributed by atoms with E-state index in [1.165, 1.54) is 22.5 Å². The van der Waals surface area contributed by atoms with Gasteiger partial charge < -0.3 is 10.8 Å². The van der Waals surface area contributed by atoms with Crippen LogP contribution in [0.5, 0.6) is 0 Å². The summed E-state index contributed by atoms with van der Waals surface area (Å²) in [4.78, 5) is 11.2. The summed E-state index contributed by atoms with van der Waals surface area (Å²) in [5.41, 5.74) is 5.67. The zero-order valence-electron chi connectivity index (χ0n) is 11.7. The number of nitrogens with two attached hydrogens (primary N) is 1. The van der Waals surface area contributed by atoms with E-state index in [1.807, 2.05) is 6.92 Å². The van der Waals surface area contributed by atoms with E-state index in [4.69, 9.17) is 10.8 Å². The number of benzene rings is 1. The molecule has 8 heteroatoms. The number of nitrogens with zero attached hydrogens (tertiary/aromatic N) is 1. The number of nitrogen functional groups attached to an aromatic ring is 1. The van der Waals surface area contributed by atoms with E-state index >= 15 is 0 Å². The van der Waals surface area contributed by atoms with E-state index in [2.05, 4.69) is 4.72 Å². The summed E-state index contributed by atoms with van der Waals surface area (Å²) < 4.78 is 28.6. The molecule has 0 saturated carbocycles. The van der Waals surface area contributed by atoms with Gasteiger partial charge in [-0.05, 0) is 38.0 Å². The molecular formula is C13H19N3O4S. The summed E-state index contributed by atoms with van der Waals surface area (Å²) in [5.74, 6) is -1.23. The van der Waals surface area contributed by atoms with Gasteiger partial charge in [-0.15, -0.1) is 0 Å². The number of nitrogens with one attached hydrogen (secondary N) is 1. The maximum Gasteiger partial charge on any atom is 0.337 e.